The first-order chi connectivity index (χ1) is 8.28. The summed E-state index contributed by atoms with van der Waals surface area (Å²) in [6.07, 6.45) is 5.22. The van der Waals surface area contributed by atoms with Crippen LogP contribution in [0.25, 0.3) is 0 Å². The summed E-state index contributed by atoms with van der Waals surface area (Å²) in [5.74, 6) is 0. The second kappa shape index (κ2) is 4.43. The molecule has 1 saturated carbocycles. The molecule has 17 heavy (non-hydrogen) atoms. The minimum absolute atomic E-state index is 0.303. The van der Waals surface area contributed by atoms with Crippen LogP contribution in [0.15, 0.2) is 24.3 Å². The highest BCUT2D eigenvalue weighted by molar-refractivity contribution is 5.32. The van der Waals surface area contributed by atoms with Gasteiger partial charge in [-0.05, 0) is 44.7 Å². The highest BCUT2D eigenvalue weighted by Crippen LogP contribution is 2.46. The van der Waals surface area contributed by atoms with E-state index >= 15 is 0 Å². The Hall–Kier alpha value is -0.860. The van der Waals surface area contributed by atoms with E-state index < -0.39 is 0 Å². The van der Waals surface area contributed by atoms with Gasteiger partial charge in [0.1, 0.15) is 0 Å². The van der Waals surface area contributed by atoms with Gasteiger partial charge >= 0.3 is 0 Å². The first kappa shape index (κ1) is 11.2. The van der Waals surface area contributed by atoms with Gasteiger partial charge in [0.25, 0.3) is 0 Å². The molecule has 0 bridgehead atoms. The van der Waals surface area contributed by atoms with Crippen molar-refractivity contribution in [3.8, 4) is 0 Å². The van der Waals surface area contributed by atoms with Crippen LogP contribution >= 0.6 is 0 Å². The zero-order chi connectivity index (χ0) is 11.7. The molecule has 2 N–H and O–H groups in total. The van der Waals surface area contributed by atoms with E-state index in [2.05, 4.69) is 41.8 Å². The molecular formula is C15H22N2. The predicted octanol–water partition coefficient (Wildman–Crippen LogP) is 2.33. The zero-order valence-corrected chi connectivity index (χ0v) is 10.6. The van der Waals surface area contributed by atoms with Crippen LogP contribution in [0.2, 0.25) is 0 Å². The molecule has 1 aliphatic heterocycles. The SMILES string of the molecule is Cc1ccc(C2(NC3CCCNC3)CC2)cc1. The van der Waals surface area contributed by atoms with Crippen molar-refractivity contribution in [1.82, 2.24) is 10.6 Å². The number of aryl methyl sites for hydroxylation is 1. The monoisotopic (exact) mass is 230 g/mol. The third-order valence-electron chi connectivity index (χ3n) is 4.13. The van der Waals surface area contributed by atoms with E-state index in [1.165, 1.54) is 43.4 Å². The normalized spacial score (nSPS) is 26.8. The van der Waals surface area contributed by atoms with Crippen LogP contribution in [0.1, 0.15) is 36.8 Å². The van der Waals surface area contributed by atoms with Crippen molar-refractivity contribution in [3.05, 3.63) is 35.4 Å². The molecule has 2 heteroatoms. The Bertz CT molecular complexity index is 372. The Morgan fingerprint density at radius 2 is 2.00 bits per heavy atom. The second-order valence-electron chi connectivity index (χ2n) is 5.64. The molecular weight excluding hydrogens is 208 g/mol. The minimum atomic E-state index is 0.303. The quantitative estimate of drug-likeness (QED) is 0.833. The predicted molar refractivity (Wildman–Crippen MR) is 71.1 cm³/mol. The maximum Gasteiger partial charge on any atom is 0.0438 e. The summed E-state index contributed by atoms with van der Waals surface area (Å²) in [5, 5.41) is 7.36. The average Bonchev–Trinajstić information content (AvgIpc) is 3.12. The lowest BCUT2D eigenvalue weighted by atomic mass is 10.00. The van der Waals surface area contributed by atoms with E-state index in [1.807, 2.05) is 0 Å². The van der Waals surface area contributed by atoms with Crippen LogP contribution < -0.4 is 10.6 Å². The van der Waals surface area contributed by atoms with E-state index in [4.69, 9.17) is 0 Å². The Balaban J connectivity index is 1.70. The highest BCUT2D eigenvalue weighted by atomic mass is 15.1. The second-order valence-corrected chi connectivity index (χ2v) is 5.64. The van der Waals surface area contributed by atoms with Gasteiger partial charge in [-0.2, -0.15) is 0 Å². The molecule has 0 spiro atoms. The van der Waals surface area contributed by atoms with Gasteiger partial charge in [0.05, 0.1) is 0 Å². The topological polar surface area (TPSA) is 24.1 Å². The van der Waals surface area contributed by atoms with Crippen molar-refractivity contribution in [1.29, 1.82) is 0 Å². The van der Waals surface area contributed by atoms with E-state index in [0.717, 1.165) is 6.54 Å². The van der Waals surface area contributed by atoms with E-state index in [1.54, 1.807) is 0 Å². The maximum atomic E-state index is 3.88. The molecule has 1 aromatic rings. The molecule has 1 aliphatic carbocycles. The van der Waals surface area contributed by atoms with Crippen molar-refractivity contribution in [2.24, 2.45) is 0 Å². The molecule has 1 saturated heterocycles. The van der Waals surface area contributed by atoms with Crippen molar-refractivity contribution < 1.29 is 0 Å². The molecule has 0 aromatic heterocycles. The molecule has 1 atom stereocenters. The summed E-state index contributed by atoms with van der Waals surface area (Å²) in [4.78, 5) is 0. The number of benzene rings is 1. The largest absolute Gasteiger partial charge is 0.315 e. The molecule has 92 valence electrons. The lowest BCUT2D eigenvalue weighted by molar-refractivity contribution is 0.342. The molecule has 2 nitrogen and oxygen atoms in total. The van der Waals surface area contributed by atoms with Gasteiger partial charge in [0.15, 0.2) is 0 Å². The Kier molecular flexibility index (Phi) is 2.93. The van der Waals surface area contributed by atoms with Crippen LogP contribution in [0.4, 0.5) is 0 Å². The Labute approximate surface area is 104 Å². The molecule has 2 aliphatic rings. The van der Waals surface area contributed by atoms with Gasteiger partial charge in [0, 0.05) is 18.1 Å². The molecule has 0 amide bonds. The maximum absolute atomic E-state index is 3.88. The molecule has 0 radical (unpaired) electrons. The van der Waals surface area contributed by atoms with E-state index in [0.29, 0.717) is 11.6 Å². The minimum Gasteiger partial charge on any atom is -0.315 e. The number of hydrogen-bond acceptors (Lipinski definition) is 2. The summed E-state index contributed by atoms with van der Waals surface area (Å²) < 4.78 is 0. The molecule has 1 unspecified atom stereocenters. The fraction of sp³-hybridized carbons (Fsp3) is 0.600. The van der Waals surface area contributed by atoms with Gasteiger partial charge < -0.3 is 10.6 Å². The Morgan fingerprint density at radius 1 is 1.24 bits per heavy atom. The molecule has 2 fully saturated rings. The zero-order valence-electron chi connectivity index (χ0n) is 10.6. The smallest absolute Gasteiger partial charge is 0.0438 e. The third-order valence-corrected chi connectivity index (χ3v) is 4.13. The summed E-state index contributed by atoms with van der Waals surface area (Å²) in [6, 6.07) is 9.72. The summed E-state index contributed by atoms with van der Waals surface area (Å²) in [5.41, 5.74) is 3.13. The van der Waals surface area contributed by atoms with Crippen LogP contribution in [-0.4, -0.2) is 19.1 Å². The molecule has 3 rings (SSSR count). The summed E-state index contributed by atoms with van der Waals surface area (Å²) in [6.45, 7) is 4.48. The van der Waals surface area contributed by atoms with Gasteiger partial charge in [0.2, 0.25) is 0 Å². The van der Waals surface area contributed by atoms with Crippen LogP contribution in [0.5, 0.6) is 0 Å². The number of rotatable bonds is 3. The third kappa shape index (κ3) is 2.38. The van der Waals surface area contributed by atoms with Crippen LogP contribution in [0.3, 0.4) is 0 Å². The lowest BCUT2D eigenvalue weighted by Gasteiger charge is -2.29. The van der Waals surface area contributed by atoms with Crippen molar-refractivity contribution in [2.45, 2.75) is 44.2 Å². The Morgan fingerprint density at radius 3 is 2.59 bits per heavy atom. The number of piperidine rings is 1. The van der Waals surface area contributed by atoms with Crippen molar-refractivity contribution in [2.75, 3.05) is 13.1 Å². The standard InChI is InChI=1S/C15H22N2/c1-12-4-6-13(7-5-12)15(8-9-15)17-14-3-2-10-16-11-14/h4-7,14,16-17H,2-3,8-11H2,1H3. The lowest BCUT2D eigenvalue weighted by Crippen LogP contribution is -2.47. The fourth-order valence-electron chi connectivity index (χ4n) is 2.88. The average molecular weight is 230 g/mol. The first-order valence-corrected chi connectivity index (χ1v) is 6.84. The van der Waals surface area contributed by atoms with Crippen LogP contribution in [-0.2, 0) is 5.54 Å². The summed E-state index contributed by atoms with van der Waals surface area (Å²) in [7, 11) is 0. The number of nitrogens with one attached hydrogen (secondary N) is 2. The van der Waals surface area contributed by atoms with Crippen LogP contribution in [0, 0.1) is 6.92 Å². The van der Waals surface area contributed by atoms with Crippen molar-refractivity contribution in [3.63, 3.8) is 0 Å². The van der Waals surface area contributed by atoms with Gasteiger partial charge in [-0.3, -0.25) is 0 Å². The number of hydrogen-bond donors (Lipinski definition) is 2. The molecule has 1 heterocycles. The van der Waals surface area contributed by atoms with E-state index in [9.17, 15) is 0 Å². The van der Waals surface area contributed by atoms with Gasteiger partial charge in [-0.1, -0.05) is 29.8 Å². The highest BCUT2D eigenvalue weighted by Gasteiger charge is 2.45. The molecule has 1 aromatic carbocycles. The van der Waals surface area contributed by atoms with Gasteiger partial charge in [-0.25, -0.2) is 0 Å². The summed E-state index contributed by atoms with van der Waals surface area (Å²) >= 11 is 0. The van der Waals surface area contributed by atoms with Crippen molar-refractivity contribution >= 4 is 0 Å². The van der Waals surface area contributed by atoms with Gasteiger partial charge in [-0.15, -0.1) is 0 Å². The van der Waals surface area contributed by atoms with E-state index in [-0.39, 0.29) is 0 Å². The first-order valence-electron chi connectivity index (χ1n) is 6.84. The fourth-order valence-corrected chi connectivity index (χ4v) is 2.88.